The van der Waals surface area contributed by atoms with Crippen LogP contribution < -0.4 is 10.2 Å². The van der Waals surface area contributed by atoms with E-state index in [1.807, 2.05) is 6.07 Å². The molecular weight excluding hydrogens is 358 g/mol. The summed E-state index contributed by atoms with van der Waals surface area (Å²) in [5.74, 6) is -0.695. The Morgan fingerprint density at radius 3 is 2.29 bits per heavy atom. The normalized spacial score (nSPS) is 18.2. The average molecular weight is 381 g/mol. The second kappa shape index (κ2) is 7.69. The highest BCUT2D eigenvalue weighted by molar-refractivity contribution is 6.03. The van der Waals surface area contributed by atoms with Gasteiger partial charge >= 0.3 is 0 Å². The van der Waals surface area contributed by atoms with E-state index >= 15 is 0 Å². The SMILES string of the molecule is CC(=O)c1ccc(NC(=O)c2ccc(N3CCC4(CC3)OCCO4)cn2)cc1. The fourth-order valence-corrected chi connectivity index (χ4v) is 3.58. The van der Waals surface area contributed by atoms with E-state index in [0.29, 0.717) is 30.2 Å². The number of carbonyl (C=O) groups excluding carboxylic acids is 2. The Balaban J connectivity index is 1.36. The molecular formula is C21H23N3O4. The van der Waals surface area contributed by atoms with Crippen LogP contribution >= 0.6 is 0 Å². The molecule has 3 heterocycles. The molecule has 0 saturated carbocycles. The standard InChI is InChI=1S/C21H23N3O4/c1-15(25)16-2-4-17(5-3-16)23-20(26)19-7-6-18(14-22-19)24-10-8-21(9-11-24)27-12-13-28-21/h2-7,14H,8-13H2,1H3,(H,23,26). The van der Waals surface area contributed by atoms with E-state index in [1.54, 1.807) is 36.5 Å². The topological polar surface area (TPSA) is 80.8 Å². The van der Waals surface area contributed by atoms with Crippen LogP contribution in [0, 0.1) is 0 Å². The van der Waals surface area contributed by atoms with E-state index in [2.05, 4.69) is 15.2 Å². The monoisotopic (exact) mass is 381 g/mol. The highest BCUT2D eigenvalue weighted by atomic mass is 16.7. The third-order valence-electron chi connectivity index (χ3n) is 5.23. The van der Waals surface area contributed by atoms with Crippen molar-refractivity contribution >= 4 is 23.1 Å². The van der Waals surface area contributed by atoms with Gasteiger partial charge in [-0.1, -0.05) is 0 Å². The molecule has 2 aliphatic heterocycles. The lowest BCUT2D eigenvalue weighted by Crippen LogP contribution is -2.45. The molecule has 1 aromatic carbocycles. The number of nitrogens with zero attached hydrogens (tertiary/aromatic N) is 2. The molecule has 0 bridgehead atoms. The maximum absolute atomic E-state index is 12.4. The van der Waals surface area contributed by atoms with Gasteiger partial charge in [0.05, 0.1) is 25.1 Å². The minimum absolute atomic E-state index is 0.00942. The van der Waals surface area contributed by atoms with Crippen molar-refractivity contribution in [2.45, 2.75) is 25.6 Å². The van der Waals surface area contributed by atoms with Crippen molar-refractivity contribution in [3.05, 3.63) is 53.9 Å². The fourth-order valence-electron chi connectivity index (χ4n) is 3.58. The number of benzene rings is 1. The predicted octanol–water partition coefficient (Wildman–Crippen LogP) is 2.88. The van der Waals surface area contributed by atoms with Crippen LogP contribution in [-0.2, 0) is 9.47 Å². The first-order chi connectivity index (χ1) is 13.5. The molecule has 0 atom stereocenters. The number of piperidine rings is 1. The number of ether oxygens (including phenoxy) is 2. The quantitative estimate of drug-likeness (QED) is 0.821. The van der Waals surface area contributed by atoms with Gasteiger partial charge in [0.1, 0.15) is 5.69 Å². The molecule has 1 aromatic heterocycles. The first kappa shape index (κ1) is 18.6. The van der Waals surface area contributed by atoms with Crippen molar-refractivity contribution in [1.29, 1.82) is 0 Å². The predicted molar refractivity (Wildman–Crippen MR) is 105 cm³/mol. The summed E-state index contributed by atoms with van der Waals surface area (Å²) in [7, 11) is 0. The van der Waals surface area contributed by atoms with Gasteiger partial charge in [-0.05, 0) is 43.3 Å². The summed E-state index contributed by atoms with van der Waals surface area (Å²) in [5.41, 5.74) is 2.56. The van der Waals surface area contributed by atoms with Crippen LogP contribution in [0.5, 0.6) is 0 Å². The molecule has 0 radical (unpaired) electrons. The second-order valence-electron chi connectivity index (χ2n) is 7.08. The summed E-state index contributed by atoms with van der Waals surface area (Å²) in [5, 5.41) is 2.80. The molecule has 1 spiro atoms. The molecule has 4 rings (SSSR count). The number of carbonyl (C=O) groups is 2. The van der Waals surface area contributed by atoms with Crippen LogP contribution in [0.2, 0.25) is 0 Å². The third kappa shape index (κ3) is 3.90. The number of ketones is 1. The van der Waals surface area contributed by atoms with Gasteiger partial charge in [-0.15, -0.1) is 0 Å². The molecule has 2 aromatic rings. The Kier molecular flexibility index (Phi) is 5.11. The van der Waals surface area contributed by atoms with Crippen molar-refractivity contribution < 1.29 is 19.1 Å². The smallest absolute Gasteiger partial charge is 0.274 e. The highest BCUT2D eigenvalue weighted by Crippen LogP contribution is 2.33. The molecule has 28 heavy (non-hydrogen) atoms. The molecule has 1 amide bonds. The second-order valence-corrected chi connectivity index (χ2v) is 7.08. The van der Waals surface area contributed by atoms with Crippen molar-refractivity contribution in [3.8, 4) is 0 Å². The average Bonchev–Trinajstić information content (AvgIpc) is 3.17. The molecule has 2 fully saturated rings. The molecule has 2 saturated heterocycles. The minimum atomic E-state index is -0.401. The zero-order valence-corrected chi connectivity index (χ0v) is 15.8. The van der Waals surface area contributed by atoms with Crippen molar-refractivity contribution in [1.82, 2.24) is 4.98 Å². The van der Waals surface area contributed by atoms with E-state index in [-0.39, 0.29) is 11.7 Å². The van der Waals surface area contributed by atoms with Crippen molar-refractivity contribution in [2.75, 3.05) is 36.5 Å². The Bertz CT molecular complexity index is 848. The van der Waals surface area contributed by atoms with Gasteiger partial charge in [0.15, 0.2) is 11.6 Å². The number of hydrogen-bond donors (Lipinski definition) is 1. The Morgan fingerprint density at radius 1 is 1.04 bits per heavy atom. The lowest BCUT2D eigenvalue weighted by molar-refractivity contribution is -0.169. The first-order valence-corrected chi connectivity index (χ1v) is 9.46. The van der Waals surface area contributed by atoms with Crippen LogP contribution in [0.25, 0.3) is 0 Å². The number of anilines is 2. The third-order valence-corrected chi connectivity index (χ3v) is 5.23. The Morgan fingerprint density at radius 2 is 1.71 bits per heavy atom. The lowest BCUT2D eigenvalue weighted by atomic mass is 10.0. The highest BCUT2D eigenvalue weighted by Gasteiger charge is 2.39. The van der Waals surface area contributed by atoms with E-state index in [0.717, 1.165) is 31.6 Å². The van der Waals surface area contributed by atoms with Crippen LogP contribution in [-0.4, -0.2) is 48.8 Å². The molecule has 1 N–H and O–H groups in total. The van der Waals surface area contributed by atoms with Crippen LogP contribution in [0.1, 0.15) is 40.6 Å². The van der Waals surface area contributed by atoms with E-state index in [9.17, 15) is 9.59 Å². The van der Waals surface area contributed by atoms with Crippen LogP contribution in [0.15, 0.2) is 42.6 Å². The maximum Gasteiger partial charge on any atom is 0.274 e. The largest absolute Gasteiger partial charge is 0.370 e. The van der Waals surface area contributed by atoms with E-state index in [1.165, 1.54) is 6.92 Å². The maximum atomic E-state index is 12.4. The first-order valence-electron chi connectivity index (χ1n) is 9.46. The molecule has 0 unspecified atom stereocenters. The fraction of sp³-hybridized carbons (Fsp3) is 0.381. The van der Waals surface area contributed by atoms with Gasteiger partial charge in [0.2, 0.25) is 0 Å². The van der Waals surface area contributed by atoms with Gasteiger partial charge in [-0.3, -0.25) is 9.59 Å². The van der Waals surface area contributed by atoms with E-state index in [4.69, 9.17) is 9.47 Å². The Labute approximate surface area is 163 Å². The van der Waals surface area contributed by atoms with Gasteiger partial charge in [-0.2, -0.15) is 0 Å². The minimum Gasteiger partial charge on any atom is -0.370 e. The molecule has 146 valence electrons. The summed E-state index contributed by atoms with van der Waals surface area (Å²) >= 11 is 0. The van der Waals surface area contributed by atoms with Gasteiger partial charge in [0.25, 0.3) is 5.91 Å². The molecule has 2 aliphatic rings. The molecule has 7 nitrogen and oxygen atoms in total. The number of Topliss-reactive ketones (excluding diaryl/α,β-unsaturated/α-hetero) is 1. The number of pyridine rings is 1. The summed E-state index contributed by atoms with van der Waals surface area (Å²) in [6.45, 7) is 4.51. The summed E-state index contributed by atoms with van der Waals surface area (Å²) in [6.07, 6.45) is 3.37. The number of rotatable bonds is 4. The van der Waals surface area contributed by atoms with Crippen molar-refractivity contribution in [3.63, 3.8) is 0 Å². The van der Waals surface area contributed by atoms with E-state index < -0.39 is 5.79 Å². The van der Waals surface area contributed by atoms with Gasteiger partial charge in [0, 0.05) is 37.2 Å². The zero-order chi connectivity index (χ0) is 19.6. The summed E-state index contributed by atoms with van der Waals surface area (Å²) in [4.78, 5) is 30.3. The van der Waals surface area contributed by atoms with Crippen LogP contribution in [0.4, 0.5) is 11.4 Å². The number of aromatic nitrogens is 1. The zero-order valence-electron chi connectivity index (χ0n) is 15.8. The van der Waals surface area contributed by atoms with Gasteiger partial charge < -0.3 is 19.7 Å². The number of amides is 1. The summed E-state index contributed by atoms with van der Waals surface area (Å²) in [6, 6.07) is 10.4. The van der Waals surface area contributed by atoms with Crippen LogP contribution in [0.3, 0.4) is 0 Å². The molecule has 7 heteroatoms. The number of hydrogen-bond acceptors (Lipinski definition) is 6. The van der Waals surface area contributed by atoms with Gasteiger partial charge in [-0.25, -0.2) is 4.98 Å². The van der Waals surface area contributed by atoms with Crippen molar-refractivity contribution in [2.24, 2.45) is 0 Å². The Hall–Kier alpha value is -2.77. The molecule has 0 aliphatic carbocycles. The number of nitrogens with one attached hydrogen (secondary N) is 1. The summed E-state index contributed by atoms with van der Waals surface area (Å²) < 4.78 is 11.5. The lowest BCUT2D eigenvalue weighted by Gasteiger charge is -2.38.